The minimum absolute atomic E-state index is 0.0452. The maximum absolute atomic E-state index is 2.39. The summed E-state index contributed by atoms with van der Waals surface area (Å²) in [5, 5.41) is 33.4. The molecule has 0 spiro atoms. The van der Waals surface area contributed by atoms with E-state index in [0.717, 1.165) is 51.2 Å². The second kappa shape index (κ2) is 35.3. The Morgan fingerprint density at radius 2 is 0.459 bits per heavy atom. The first kappa shape index (κ1) is 87.5. The Bertz CT molecular complexity index is 10200. The van der Waals surface area contributed by atoms with Gasteiger partial charge in [0.05, 0.1) is 0 Å². The molecule has 696 valence electrons. The van der Waals surface area contributed by atoms with E-state index in [1.54, 1.807) is 0 Å². The predicted molar refractivity (Wildman–Crippen MR) is 638 cm³/mol. The number of anilines is 9. The van der Waals surface area contributed by atoms with Crippen LogP contribution >= 0.6 is 11.3 Å². The lowest BCUT2D eigenvalue weighted by atomic mass is 9.79. The van der Waals surface area contributed by atoms with Crippen LogP contribution in [0.4, 0.5) is 51.2 Å². The van der Waals surface area contributed by atoms with Crippen LogP contribution in [-0.2, 0) is 10.8 Å². The van der Waals surface area contributed by atoms with Gasteiger partial charge in [-0.05, 0) is 328 Å². The van der Waals surface area contributed by atoms with E-state index in [1.165, 1.54) is 227 Å². The van der Waals surface area contributed by atoms with Crippen LogP contribution in [0.2, 0.25) is 0 Å². The van der Waals surface area contributed by atoms with Gasteiger partial charge in [-0.1, -0.05) is 434 Å². The van der Waals surface area contributed by atoms with Gasteiger partial charge in [0.1, 0.15) is 0 Å². The summed E-state index contributed by atoms with van der Waals surface area (Å²) in [6, 6.07) is 194. The Morgan fingerprint density at radius 1 is 0.155 bits per heavy atom. The van der Waals surface area contributed by atoms with E-state index in [1.807, 2.05) is 11.3 Å². The van der Waals surface area contributed by atoms with E-state index in [9.17, 15) is 0 Å². The third kappa shape index (κ3) is 14.8. The van der Waals surface area contributed by atoms with E-state index in [4.69, 9.17) is 0 Å². The van der Waals surface area contributed by atoms with E-state index in [-0.39, 0.29) is 10.8 Å². The average molecular weight is 1900 g/mol. The maximum Gasteiger partial charge on any atom is 0.0468 e. The fraction of sp³-hybridized carbons (Fsp3) is 0.0417. The molecule has 1 heterocycles. The zero-order valence-electron chi connectivity index (χ0n) is 82.5. The third-order valence-electron chi connectivity index (χ3n) is 31.8. The second-order valence-corrected chi connectivity index (χ2v) is 42.0. The summed E-state index contributed by atoms with van der Waals surface area (Å²) in [7, 11) is 0. The van der Waals surface area contributed by atoms with Crippen LogP contribution < -0.4 is 14.7 Å². The van der Waals surface area contributed by atoms with Gasteiger partial charge >= 0.3 is 0 Å². The highest BCUT2D eigenvalue weighted by molar-refractivity contribution is 7.26. The molecular formula is C144H99N3S. The van der Waals surface area contributed by atoms with Crippen LogP contribution in [0.3, 0.4) is 0 Å². The standard InChI is InChI=1S/2C49H35N.C46H29NS/c1-49(2)46-15-9-8-14-42(46)44-29-28-43-45(48(44)49)26-21-35-16-17-37-31-40(25-27-41(37)47(35)43)50(39-24-20-33-12-6-7-13-36(33)30-39)38-22-18-34(19-23-38)32-10-4-3-5-11-32;1-49(2)44-15-9-8-14-43(44)48-45(49)29-23-36-17-16-35-18-19-38-31-41(27-28-42(38)46(35)47(36)48)50(40-26-22-33-12-6-7-13-37(33)30-40)39-24-20-34(21-25-39)32-10-4-3-5-11-32;1-2-8-30(9-3-1)32-18-22-37(23-19-32)47(38-24-20-31-10-4-5-11-35(31)28-38)39-25-26-40-36(29-39)17-16-33-14-15-34-21-27-43-46(45(34)44(33)40)41-12-6-7-13-42(41)48-43/h2*3-31H,1-2H3;1-29H. The molecule has 30 rings (SSSR count). The average Bonchev–Trinajstić information content (AvgIpc) is 1.53. The molecule has 0 radical (unpaired) electrons. The fourth-order valence-corrected chi connectivity index (χ4v) is 25.7. The zero-order valence-corrected chi connectivity index (χ0v) is 83.3. The van der Waals surface area contributed by atoms with Crippen LogP contribution in [0.25, 0.3) is 205 Å². The normalized spacial score (nSPS) is 12.7. The van der Waals surface area contributed by atoms with Crippen molar-refractivity contribution in [1.29, 1.82) is 0 Å². The topological polar surface area (TPSA) is 9.72 Å². The molecule has 2 aliphatic rings. The van der Waals surface area contributed by atoms with Crippen molar-refractivity contribution >= 4 is 212 Å². The molecule has 0 saturated heterocycles. The first-order chi connectivity index (χ1) is 72.9. The summed E-state index contributed by atoms with van der Waals surface area (Å²) in [4.78, 5) is 7.17. The van der Waals surface area contributed by atoms with E-state index in [0.29, 0.717) is 0 Å². The van der Waals surface area contributed by atoms with Crippen LogP contribution in [0.1, 0.15) is 49.9 Å². The molecular weight excluding hydrogens is 1800 g/mol. The maximum atomic E-state index is 2.39. The van der Waals surface area contributed by atoms with Crippen molar-refractivity contribution in [3.05, 3.63) is 550 Å². The van der Waals surface area contributed by atoms with Crippen LogP contribution in [0.15, 0.2) is 528 Å². The lowest BCUT2D eigenvalue weighted by Gasteiger charge is -2.27. The lowest BCUT2D eigenvalue weighted by molar-refractivity contribution is 0.661. The molecule has 0 fully saturated rings. The monoisotopic (exact) mass is 1900 g/mol. The van der Waals surface area contributed by atoms with Gasteiger partial charge < -0.3 is 14.7 Å². The molecule has 1 aromatic heterocycles. The summed E-state index contributed by atoms with van der Waals surface area (Å²) < 4.78 is 2.68. The quantitative estimate of drug-likeness (QED) is 0.113. The SMILES string of the molecule is CC1(C)c2ccccc2-c2c1ccc1ccc3ccc4cc(N(c5ccc(-c6ccccc6)cc5)c5ccc6ccccc6c5)ccc4c3c21.CC1(C)c2ccccc2-c2ccc3c(ccc4ccc5cc(N(c6ccc(-c7ccccc7)cc6)c6ccc7ccccc7c6)ccc5c43)c21.c1ccc(-c2ccc(N(c3ccc4ccccc4c3)c3ccc4c(ccc5ccc6ccc7sc8ccccc8c7c6c54)c3)cc2)cc1. The first-order valence-electron chi connectivity index (χ1n) is 51.5. The molecule has 27 aromatic carbocycles. The number of fused-ring (bicyclic) bond motifs is 30. The minimum atomic E-state index is -0.0622. The van der Waals surface area contributed by atoms with Crippen LogP contribution in [0.5, 0.6) is 0 Å². The summed E-state index contributed by atoms with van der Waals surface area (Å²) in [6.45, 7) is 9.49. The zero-order chi connectivity index (χ0) is 98.4. The molecule has 148 heavy (non-hydrogen) atoms. The molecule has 28 aromatic rings. The van der Waals surface area contributed by atoms with Crippen LogP contribution in [-0.4, -0.2) is 0 Å². The minimum Gasteiger partial charge on any atom is -0.310 e. The van der Waals surface area contributed by atoms with Gasteiger partial charge in [0.25, 0.3) is 0 Å². The summed E-state index contributed by atoms with van der Waals surface area (Å²) >= 11 is 1.89. The van der Waals surface area contributed by atoms with Gasteiger partial charge in [-0.25, -0.2) is 0 Å². The number of benzene rings is 27. The number of thiophene rings is 1. The Hall–Kier alpha value is -18.3. The number of hydrogen-bond donors (Lipinski definition) is 0. The molecule has 0 N–H and O–H groups in total. The largest absolute Gasteiger partial charge is 0.310 e. The molecule has 0 aliphatic heterocycles. The van der Waals surface area contributed by atoms with Crippen molar-refractivity contribution in [1.82, 2.24) is 0 Å². The summed E-state index contributed by atoms with van der Waals surface area (Å²) in [5.74, 6) is 0. The molecule has 0 atom stereocenters. The summed E-state index contributed by atoms with van der Waals surface area (Å²) in [6.07, 6.45) is 0. The van der Waals surface area contributed by atoms with Crippen molar-refractivity contribution < 1.29 is 0 Å². The molecule has 0 unspecified atom stereocenters. The van der Waals surface area contributed by atoms with Crippen molar-refractivity contribution in [2.24, 2.45) is 0 Å². The van der Waals surface area contributed by atoms with Gasteiger partial charge in [0.2, 0.25) is 0 Å². The van der Waals surface area contributed by atoms with E-state index >= 15 is 0 Å². The van der Waals surface area contributed by atoms with Crippen LogP contribution in [0, 0.1) is 0 Å². The van der Waals surface area contributed by atoms with Gasteiger partial charge in [0.15, 0.2) is 0 Å². The highest BCUT2D eigenvalue weighted by atomic mass is 32.1. The van der Waals surface area contributed by atoms with Crippen molar-refractivity contribution in [3.8, 4) is 55.6 Å². The number of rotatable bonds is 12. The Kier molecular flexibility index (Phi) is 20.9. The Morgan fingerprint density at radius 3 is 0.926 bits per heavy atom. The molecule has 0 bridgehead atoms. The van der Waals surface area contributed by atoms with E-state index in [2.05, 4.69) is 570 Å². The number of nitrogens with zero attached hydrogens (tertiary/aromatic N) is 3. The molecule has 4 heteroatoms. The Balaban J connectivity index is 0.000000107. The molecule has 0 amide bonds. The number of hydrogen-bond acceptors (Lipinski definition) is 4. The van der Waals surface area contributed by atoms with Crippen molar-refractivity contribution in [2.45, 2.75) is 38.5 Å². The highest BCUT2D eigenvalue weighted by Gasteiger charge is 2.39. The van der Waals surface area contributed by atoms with Gasteiger partial charge in [-0.2, -0.15) is 0 Å². The molecule has 3 nitrogen and oxygen atoms in total. The smallest absolute Gasteiger partial charge is 0.0468 e. The molecule has 2 aliphatic carbocycles. The van der Waals surface area contributed by atoms with Crippen molar-refractivity contribution in [3.63, 3.8) is 0 Å². The molecule has 0 saturated carbocycles. The Labute approximate surface area is 864 Å². The lowest BCUT2D eigenvalue weighted by Crippen LogP contribution is -2.15. The van der Waals surface area contributed by atoms with Gasteiger partial charge in [0, 0.05) is 82.2 Å². The third-order valence-corrected chi connectivity index (χ3v) is 32.9. The first-order valence-corrected chi connectivity index (χ1v) is 52.3. The van der Waals surface area contributed by atoms with Crippen molar-refractivity contribution in [2.75, 3.05) is 14.7 Å². The predicted octanol–water partition coefficient (Wildman–Crippen LogP) is 41.3. The second-order valence-electron chi connectivity index (χ2n) is 40.9. The van der Waals surface area contributed by atoms with E-state index < -0.39 is 0 Å². The van der Waals surface area contributed by atoms with Gasteiger partial charge in [-0.15, -0.1) is 11.3 Å². The highest BCUT2D eigenvalue weighted by Crippen LogP contribution is 2.57. The van der Waals surface area contributed by atoms with Gasteiger partial charge in [-0.3, -0.25) is 0 Å². The fourth-order valence-electron chi connectivity index (χ4n) is 24.6. The summed E-state index contributed by atoms with van der Waals surface area (Å²) in [5.41, 5.74) is 28.5.